The Morgan fingerprint density at radius 3 is 2.42 bits per heavy atom. The van der Waals surface area contributed by atoms with Gasteiger partial charge in [0.2, 0.25) is 5.91 Å². The molecule has 1 aromatic rings. The first-order valence-electron chi connectivity index (χ1n) is 5.88. The maximum atomic E-state index is 11.6. The van der Waals surface area contributed by atoms with Gasteiger partial charge in [-0.15, -0.1) is 0 Å². The Balaban J connectivity index is 2.42. The summed E-state index contributed by atoms with van der Waals surface area (Å²) in [5.41, 5.74) is 3.73. The minimum Gasteiger partial charge on any atom is -0.382 e. The quantitative estimate of drug-likeness (QED) is 0.560. The molecule has 0 radical (unpaired) electrons. The maximum absolute atomic E-state index is 11.6. The fourth-order valence-electron chi connectivity index (χ4n) is 1.30. The van der Waals surface area contributed by atoms with Gasteiger partial charge in [-0.1, -0.05) is 12.1 Å². The van der Waals surface area contributed by atoms with Gasteiger partial charge in [0.1, 0.15) is 0 Å². The van der Waals surface area contributed by atoms with E-state index in [1.807, 2.05) is 0 Å². The largest absolute Gasteiger partial charge is 0.382 e. The Labute approximate surface area is 112 Å². The van der Waals surface area contributed by atoms with Gasteiger partial charge in [-0.05, 0) is 17.7 Å². The molecule has 0 bridgehead atoms. The number of hydrogen-bond acceptors (Lipinski definition) is 4. The van der Waals surface area contributed by atoms with Crippen molar-refractivity contribution in [3.05, 3.63) is 35.4 Å². The zero-order valence-electron chi connectivity index (χ0n) is 11.1. The van der Waals surface area contributed by atoms with Crippen LogP contribution in [-0.4, -0.2) is 32.1 Å². The molecule has 0 saturated carbocycles. The van der Waals surface area contributed by atoms with Crippen molar-refractivity contribution in [3.8, 4) is 0 Å². The van der Waals surface area contributed by atoms with Crippen LogP contribution >= 0.6 is 0 Å². The van der Waals surface area contributed by atoms with Gasteiger partial charge in [-0.25, -0.2) is 5.48 Å². The number of hydroxylamine groups is 1. The molecule has 6 heteroatoms. The lowest BCUT2D eigenvalue weighted by Gasteiger charge is -2.06. The number of benzene rings is 1. The highest BCUT2D eigenvalue weighted by molar-refractivity contribution is 5.93. The van der Waals surface area contributed by atoms with Gasteiger partial charge in [0.15, 0.2) is 0 Å². The van der Waals surface area contributed by atoms with Gasteiger partial charge >= 0.3 is 0 Å². The van der Waals surface area contributed by atoms with Crippen molar-refractivity contribution >= 4 is 11.8 Å². The summed E-state index contributed by atoms with van der Waals surface area (Å²) in [6.07, 6.45) is 0. The van der Waals surface area contributed by atoms with E-state index in [9.17, 15) is 9.59 Å². The minimum atomic E-state index is -0.317. The predicted molar refractivity (Wildman–Crippen MR) is 69.3 cm³/mol. The van der Waals surface area contributed by atoms with Crippen LogP contribution in [0.2, 0.25) is 0 Å². The van der Waals surface area contributed by atoms with E-state index < -0.39 is 0 Å². The molecule has 2 amide bonds. The average Bonchev–Trinajstić information content (AvgIpc) is 2.41. The minimum absolute atomic E-state index is 0.0895. The van der Waals surface area contributed by atoms with Gasteiger partial charge in [0.25, 0.3) is 5.91 Å². The second-order valence-electron chi connectivity index (χ2n) is 3.88. The highest BCUT2D eigenvalue weighted by Gasteiger charge is 2.05. The normalized spacial score (nSPS) is 10.0. The molecule has 6 nitrogen and oxygen atoms in total. The van der Waals surface area contributed by atoms with E-state index in [1.165, 1.54) is 6.92 Å². The number of hydrogen-bond donors (Lipinski definition) is 2. The number of nitrogens with one attached hydrogen (secondary N) is 2. The van der Waals surface area contributed by atoms with Crippen LogP contribution in [0.4, 0.5) is 0 Å². The van der Waals surface area contributed by atoms with Crippen LogP contribution in [0.15, 0.2) is 24.3 Å². The summed E-state index contributed by atoms with van der Waals surface area (Å²) in [5, 5.41) is 2.68. The number of amides is 2. The summed E-state index contributed by atoms with van der Waals surface area (Å²) >= 11 is 0. The van der Waals surface area contributed by atoms with Crippen molar-refractivity contribution < 1.29 is 19.2 Å². The molecule has 0 aliphatic heterocycles. The summed E-state index contributed by atoms with van der Waals surface area (Å²) in [6, 6.07) is 6.90. The highest BCUT2D eigenvalue weighted by atomic mass is 16.7. The molecule has 1 rings (SSSR count). The van der Waals surface area contributed by atoms with Crippen molar-refractivity contribution in [1.29, 1.82) is 0 Å². The molecule has 104 valence electrons. The monoisotopic (exact) mass is 266 g/mol. The van der Waals surface area contributed by atoms with Crippen LogP contribution in [0.5, 0.6) is 0 Å². The summed E-state index contributed by atoms with van der Waals surface area (Å²) in [7, 11) is 1.55. The highest BCUT2D eigenvalue weighted by Crippen LogP contribution is 2.04. The zero-order valence-corrected chi connectivity index (χ0v) is 11.1. The standard InChI is InChI=1S/C13H18N2O4/c1-10(16)14-9-11-3-5-12(6-4-11)13(17)15-19-8-7-18-2/h3-6H,7-9H2,1-2H3,(H,14,16)(H,15,17). The van der Waals surface area contributed by atoms with Gasteiger partial charge < -0.3 is 10.1 Å². The molecular weight excluding hydrogens is 248 g/mol. The number of ether oxygens (including phenoxy) is 1. The molecule has 0 heterocycles. The van der Waals surface area contributed by atoms with Gasteiger partial charge in [-0.3, -0.25) is 14.4 Å². The van der Waals surface area contributed by atoms with Crippen LogP contribution in [-0.2, 0) is 20.9 Å². The van der Waals surface area contributed by atoms with Gasteiger partial charge in [0, 0.05) is 26.1 Å². The van der Waals surface area contributed by atoms with Gasteiger partial charge in [0.05, 0.1) is 13.2 Å². The van der Waals surface area contributed by atoms with Crippen LogP contribution in [0.3, 0.4) is 0 Å². The van der Waals surface area contributed by atoms with E-state index in [0.29, 0.717) is 25.3 Å². The average molecular weight is 266 g/mol. The molecule has 0 spiro atoms. The predicted octanol–water partition coefficient (Wildman–Crippen LogP) is 0.630. The number of methoxy groups -OCH3 is 1. The second-order valence-corrected chi connectivity index (χ2v) is 3.88. The lowest BCUT2D eigenvalue weighted by molar-refractivity contribution is -0.119. The van der Waals surface area contributed by atoms with Crippen molar-refractivity contribution in [2.45, 2.75) is 13.5 Å². The van der Waals surface area contributed by atoms with Crippen molar-refractivity contribution in [3.63, 3.8) is 0 Å². The third-order valence-electron chi connectivity index (χ3n) is 2.31. The molecule has 0 aliphatic rings. The Kier molecular flexibility index (Phi) is 6.56. The van der Waals surface area contributed by atoms with Crippen molar-refractivity contribution in [2.24, 2.45) is 0 Å². The van der Waals surface area contributed by atoms with E-state index in [2.05, 4.69) is 10.8 Å². The lowest BCUT2D eigenvalue weighted by atomic mass is 10.1. The topological polar surface area (TPSA) is 76.7 Å². The molecule has 1 aromatic carbocycles. The third-order valence-corrected chi connectivity index (χ3v) is 2.31. The van der Waals surface area contributed by atoms with Crippen LogP contribution in [0.1, 0.15) is 22.8 Å². The number of carbonyl (C=O) groups excluding carboxylic acids is 2. The molecule has 0 aliphatic carbocycles. The molecule has 0 fully saturated rings. The molecule has 0 saturated heterocycles. The summed E-state index contributed by atoms with van der Waals surface area (Å²) in [6.45, 7) is 2.61. The Morgan fingerprint density at radius 2 is 1.84 bits per heavy atom. The first-order chi connectivity index (χ1) is 9.13. The summed E-state index contributed by atoms with van der Waals surface area (Å²) in [4.78, 5) is 27.3. The summed E-state index contributed by atoms with van der Waals surface area (Å²) < 4.78 is 4.78. The maximum Gasteiger partial charge on any atom is 0.274 e. The number of carbonyl (C=O) groups is 2. The third kappa shape index (κ3) is 5.98. The Bertz CT molecular complexity index is 417. The molecule has 0 aromatic heterocycles. The summed E-state index contributed by atoms with van der Waals surface area (Å²) in [5.74, 6) is -0.407. The Morgan fingerprint density at radius 1 is 1.16 bits per heavy atom. The first kappa shape index (κ1) is 15.1. The second kappa shape index (κ2) is 8.23. The smallest absolute Gasteiger partial charge is 0.274 e. The fourth-order valence-corrected chi connectivity index (χ4v) is 1.30. The SMILES string of the molecule is COCCONC(=O)c1ccc(CNC(C)=O)cc1. The molecule has 0 atom stereocenters. The van der Waals surface area contributed by atoms with Crippen LogP contribution < -0.4 is 10.8 Å². The Hall–Kier alpha value is -1.92. The fraction of sp³-hybridized carbons (Fsp3) is 0.385. The van der Waals surface area contributed by atoms with E-state index in [0.717, 1.165) is 5.56 Å². The van der Waals surface area contributed by atoms with Crippen LogP contribution in [0.25, 0.3) is 0 Å². The lowest BCUT2D eigenvalue weighted by Crippen LogP contribution is -2.25. The van der Waals surface area contributed by atoms with E-state index >= 15 is 0 Å². The number of rotatable bonds is 7. The van der Waals surface area contributed by atoms with Gasteiger partial charge in [-0.2, -0.15) is 0 Å². The first-order valence-corrected chi connectivity index (χ1v) is 5.88. The van der Waals surface area contributed by atoms with E-state index in [-0.39, 0.29) is 11.8 Å². The van der Waals surface area contributed by atoms with Crippen molar-refractivity contribution in [2.75, 3.05) is 20.3 Å². The molecule has 2 N–H and O–H groups in total. The molecular formula is C13H18N2O4. The van der Waals surface area contributed by atoms with E-state index in [1.54, 1.807) is 31.4 Å². The van der Waals surface area contributed by atoms with Crippen molar-refractivity contribution in [1.82, 2.24) is 10.8 Å². The molecule has 19 heavy (non-hydrogen) atoms. The van der Waals surface area contributed by atoms with E-state index in [4.69, 9.17) is 9.57 Å². The van der Waals surface area contributed by atoms with Crippen LogP contribution in [0, 0.1) is 0 Å². The zero-order chi connectivity index (χ0) is 14.1. The molecule has 0 unspecified atom stereocenters.